The molecule has 0 bridgehead atoms. The van der Waals surface area contributed by atoms with Crippen molar-refractivity contribution >= 4 is 5.91 Å². The van der Waals surface area contributed by atoms with Crippen LogP contribution < -0.4 is 5.73 Å². The van der Waals surface area contributed by atoms with Gasteiger partial charge in [-0.3, -0.25) is 4.79 Å². The monoisotopic (exact) mass is 212 g/mol. The van der Waals surface area contributed by atoms with Crippen LogP contribution in [-0.4, -0.2) is 29.9 Å². The molecule has 88 valence electrons. The third-order valence-corrected chi connectivity index (χ3v) is 3.73. The summed E-state index contributed by atoms with van der Waals surface area (Å²) in [5.41, 5.74) is 6.19. The molecule has 3 nitrogen and oxygen atoms in total. The van der Waals surface area contributed by atoms with Crippen LogP contribution in [-0.2, 0) is 4.79 Å². The van der Waals surface area contributed by atoms with Gasteiger partial charge in [-0.25, -0.2) is 0 Å². The van der Waals surface area contributed by atoms with Crippen LogP contribution in [0.2, 0.25) is 0 Å². The lowest BCUT2D eigenvalue weighted by Crippen LogP contribution is -2.46. The van der Waals surface area contributed by atoms with Crippen LogP contribution in [0.25, 0.3) is 0 Å². The molecule has 1 aliphatic rings. The topological polar surface area (TPSA) is 46.3 Å². The molecule has 0 aromatic rings. The fraction of sp³-hybridized carbons (Fsp3) is 0.917. The number of carbonyl (C=O) groups is 1. The molecule has 1 heterocycles. The molecule has 1 amide bonds. The first-order valence-electron chi connectivity index (χ1n) is 5.94. The van der Waals surface area contributed by atoms with Crippen molar-refractivity contribution in [1.29, 1.82) is 0 Å². The number of likely N-dealkylation sites (tertiary alicyclic amines) is 1. The van der Waals surface area contributed by atoms with E-state index in [4.69, 9.17) is 5.73 Å². The van der Waals surface area contributed by atoms with Crippen molar-refractivity contribution in [3.8, 4) is 0 Å². The van der Waals surface area contributed by atoms with Gasteiger partial charge in [0.2, 0.25) is 5.91 Å². The number of hydrogen-bond acceptors (Lipinski definition) is 2. The molecule has 1 aliphatic heterocycles. The maximum Gasteiger partial charge on any atom is 0.239 e. The molecule has 2 N–H and O–H groups in total. The third-order valence-electron chi connectivity index (χ3n) is 3.73. The third kappa shape index (κ3) is 2.71. The number of nitrogens with two attached hydrogens (primary N) is 1. The Hall–Kier alpha value is -0.570. The highest BCUT2D eigenvalue weighted by Crippen LogP contribution is 2.33. The minimum Gasteiger partial charge on any atom is -0.341 e. The zero-order valence-electron chi connectivity index (χ0n) is 10.4. The molecule has 0 aliphatic carbocycles. The van der Waals surface area contributed by atoms with Gasteiger partial charge in [0, 0.05) is 13.1 Å². The lowest BCUT2D eigenvalue weighted by atomic mass is 9.87. The Labute approximate surface area is 93.0 Å². The molecule has 0 aromatic carbocycles. The van der Waals surface area contributed by atoms with E-state index in [2.05, 4.69) is 13.8 Å². The maximum absolute atomic E-state index is 12.0. The van der Waals surface area contributed by atoms with E-state index in [1.165, 1.54) is 0 Å². The fourth-order valence-corrected chi connectivity index (χ4v) is 2.00. The van der Waals surface area contributed by atoms with E-state index >= 15 is 0 Å². The van der Waals surface area contributed by atoms with Gasteiger partial charge in [-0.05, 0) is 24.2 Å². The van der Waals surface area contributed by atoms with Gasteiger partial charge in [0.25, 0.3) is 0 Å². The molecule has 15 heavy (non-hydrogen) atoms. The summed E-state index contributed by atoms with van der Waals surface area (Å²) in [6, 6.07) is -0.329. The Bertz CT molecular complexity index is 240. The standard InChI is InChI=1S/C12H24N2O/c1-5-12(4)6-7-14(8-12)11(15)10(13)9(2)3/h9-10H,5-8,13H2,1-4H3. The molecule has 1 fully saturated rings. The van der Waals surface area contributed by atoms with Gasteiger partial charge in [-0.15, -0.1) is 0 Å². The van der Waals surface area contributed by atoms with Gasteiger partial charge in [0.05, 0.1) is 6.04 Å². The second-order valence-corrected chi connectivity index (χ2v) is 5.44. The average Bonchev–Trinajstić information content (AvgIpc) is 2.59. The molecule has 1 saturated heterocycles. The minimum atomic E-state index is -0.329. The summed E-state index contributed by atoms with van der Waals surface area (Å²) in [5, 5.41) is 0. The molecule has 2 unspecified atom stereocenters. The van der Waals surface area contributed by atoms with E-state index in [1.807, 2.05) is 18.7 Å². The Kier molecular flexibility index (Phi) is 3.77. The number of hydrogen-bond donors (Lipinski definition) is 1. The van der Waals surface area contributed by atoms with E-state index in [1.54, 1.807) is 0 Å². The summed E-state index contributed by atoms with van der Waals surface area (Å²) in [7, 11) is 0. The van der Waals surface area contributed by atoms with Crippen molar-refractivity contribution < 1.29 is 4.79 Å². The Morgan fingerprint density at radius 3 is 2.53 bits per heavy atom. The highest BCUT2D eigenvalue weighted by molar-refractivity contribution is 5.82. The molecular weight excluding hydrogens is 188 g/mol. The lowest BCUT2D eigenvalue weighted by Gasteiger charge is -2.26. The molecule has 0 radical (unpaired) electrons. The van der Waals surface area contributed by atoms with Crippen LogP contribution in [0.4, 0.5) is 0 Å². The molecule has 3 heteroatoms. The van der Waals surface area contributed by atoms with Gasteiger partial charge < -0.3 is 10.6 Å². The smallest absolute Gasteiger partial charge is 0.239 e. The molecule has 2 atom stereocenters. The van der Waals surface area contributed by atoms with E-state index in [0.29, 0.717) is 5.41 Å². The number of nitrogens with zero attached hydrogens (tertiary/aromatic N) is 1. The summed E-state index contributed by atoms with van der Waals surface area (Å²) in [4.78, 5) is 13.9. The molecule has 0 aromatic heterocycles. The highest BCUT2D eigenvalue weighted by Gasteiger charge is 2.36. The van der Waals surface area contributed by atoms with E-state index in [9.17, 15) is 4.79 Å². The van der Waals surface area contributed by atoms with Crippen molar-refractivity contribution in [3.05, 3.63) is 0 Å². The normalized spacial score (nSPS) is 28.5. The Balaban J connectivity index is 2.57. The molecular formula is C12H24N2O. The van der Waals surface area contributed by atoms with E-state index in [-0.39, 0.29) is 17.9 Å². The average molecular weight is 212 g/mol. The largest absolute Gasteiger partial charge is 0.341 e. The summed E-state index contributed by atoms with van der Waals surface area (Å²) < 4.78 is 0. The second kappa shape index (κ2) is 4.52. The van der Waals surface area contributed by atoms with Gasteiger partial charge in [-0.2, -0.15) is 0 Å². The number of rotatable bonds is 3. The number of carbonyl (C=O) groups excluding carboxylic acids is 1. The fourth-order valence-electron chi connectivity index (χ4n) is 2.00. The van der Waals surface area contributed by atoms with Crippen molar-refractivity contribution in [1.82, 2.24) is 4.90 Å². The van der Waals surface area contributed by atoms with Gasteiger partial charge >= 0.3 is 0 Å². The van der Waals surface area contributed by atoms with Crippen molar-refractivity contribution in [2.75, 3.05) is 13.1 Å². The summed E-state index contributed by atoms with van der Waals surface area (Å²) in [6.45, 7) is 10.2. The number of amides is 1. The predicted molar refractivity (Wildman–Crippen MR) is 62.4 cm³/mol. The Morgan fingerprint density at radius 1 is 1.53 bits per heavy atom. The first kappa shape index (κ1) is 12.5. The predicted octanol–water partition coefficient (Wildman–Crippen LogP) is 1.62. The van der Waals surface area contributed by atoms with Crippen molar-refractivity contribution in [2.24, 2.45) is 17.1 Å². The first-order valence-corrected chi connectivity index (χ1v) is 5.94. The zero-order valence-corrected chi connectivity index (χ0v) is 10.4. The van der Waals surface area contributed by atoms with Crippen LogP contribution in [0.15, 0.2) is 0 Å². The van der Waals surface area contributed by atoms with Crippen LogP contribution in [0.3, 0.4) is 0 Å². The summed E-state index contributed by atoms with van der Waals surface area (Å²) in [5.74, 6) is 0.355. The van der Waals surface area contributed by atoms with Crippen LogP contribution >= 0.6 is 0 Å². The second-order valence-electron chi connectivity index (χ2n) is 5.44. The van der Waals surface area contributed by atoms with Crippen molar-refractivity contribution in [3.63, 3.8) is 0 Å². The SMILES string of the molecule is CCC1(C)CCN(C(=O)C(N)C(C)C)C1. The summed E-state index contributed by atoms with van der Waals surface area (Å²) >= 11 is 0. The Morgan fingerprint density at radius 2 is 2.13 bits per heavy atom. The van der Waals surface area contributed by atoms with E-state index in [0.717, 1.165) is 25.9 Å². The lowest BCUT2D eigenvalue weighted by molar-refractivity contribution is -0.132. The van der Waals surface area contributed by atoms with Crippen LogP contribution in [0.1, 0.15) is 40.5 Å². The van der Waals surface area contributed by atoms with Crippen molar-refractivity contribution in [2.45, 2.75) is 46.6 Å². The van der Waals surface area contributed by atoms with Gasteiger partial charge in [-0.1, -0.05) is 27.7 Å². The van der Waals surface area contributed by atoms with Gasteiger partial charge in [0.1, 0.15) is 0 Å². The van der Waals surface area contributed by atoms with E-state index < -0.39 is 0 Å². The van der Waals surface area contributed by atoms with Crippen LogP contribution in [0, 0.1) is 11.3 Å². The zero-order chi connectivity index (χ0) is 11.6. The maximum atomic E-state index is 12.0. The van der Waals surface area contributed by atoms with Crippen LogP contribution in [0.5, 0.6) is 0 Å². The van der Waals surface area contributed by atoms with Gasteiger partial charge in [0.15, 0.2) is 0 Å². The molecule has 0 saturated carbocycles. The molecule has 1 rings (SSSR count). The molecule has 0 spiro atoms. The quantitative estimate of drug-likeness (QED) is 0.772. The minimum absolute atomic E-state index is 0.127. The first-order chi connectivity index (χ1) is 6.89. The summed E-state index contributed by atoms with van der Waals surface area (Å²) in [6.07, 6.45) is 2.24. The highest BCUT2D eigenvalue weighted by atomic mass is 16.2.